The van der Waals surface area contributed by atoms with Crippen LogP contribution >= 0.6 is 0 Å². The molecule has 2 aromatic rings. The molecule has 1 saturated carbocycles. The highest BCUT2D eigenvalue weighted by atomic mass is 32.2. The lowest BCUT2D eigenvalue weighted by Crippen LogP contribution is -2.53. The maximum atomic E-state index is 12.9. The minimum Gasteiger partial charge on any atom is -0.380 e. The molecule has 1 atom stereocenters. The average Bonchev–Trinajstić information content (AvgIpc) is 3.56. The predicted molar refractivity (Wildman–Crippen MR) is 123 cm³/mol. The lowest BCUT2D eigenvalue weighted by atomic mass is 10.0. The number of hydrogen-bond donors (Lipinski definition) is 3. The van der Waals surface area contributed by atoms with Crippen LogP contribution in [0.25, 0.3) is 11.1 Å². The number of sulfonamides is 1. The van der Waals surface area contributed by atoms with Crippen LogP contribution in [0.1, 0.15) is 23.2 Å². The van der Waals surface area contributed by atoms with Gasteiger partial charge in [-0.1, -0.05) is 24.3 Å². The minimum atomic E-state index is -4.04. The Balaban J connectivity index is 1.39. The number of benzene rings is 2. The van der Waals surface area contributed by atoms with E-state index in [9.17, 15) is 27.5 Å². The minimum absolute atomic E-state index is 0.157. The van der Waals surface area contributed by atoms with E-state index in [4.69, 9.17) is 5.11 Å². The molecule has 182 valence electrons. The number of hydrogen-bond acceptors (Lipinski definition) is 6. The van der Waals surface area contributed by atoms with E-state index < -0.39 is 27.7 Å². The molecular weight excluding hydrogens is 465 g/mol. The monoisotopic (exact) mass is 491 g/mol. The summed E-state index contributed by atoms with van der Waals surface area (Å²) in [7, 11) is -4.04. The number of anilines is 1. The van der Waals surface area contributed by atoms with Crippen LogP contribution in [0.4, 0.5) is 10.1 Å². The van der Waals surface area contributed by atoms with Crippen LogP contribution in [0.15, 0.2) is 48.5 Å². The van der Waals surface area contributed by atoms with Crippen molar-refractivity contribution < 1.29 is 32.6 Å². The van der Waals surface area contributed by atoms with Crippen LogP contribution in [0.2, 0.25) is 0 Å². The van der Waals surface area contributed by atoms with Crippen LogP contribution in [-0.2, 0) is 14.8 Å². The Bertz CT molecular complexity index is 1170. The number of alkyl halides is 1. The van der Waals surface area contributed by atoms with Gasteiger partial charge in [0, 0.05) is 37.4 Å². The lowest BCUT2D eigenvalue weighted by Gasteiger charge is -2.35. The normalized spacial score (nSPS) is 18.3. The fourth-order valence-corrected chi connectivity index (χ4v) is 4.82. The van der Waals surface area contributed by atoms with E-state index in [0.717, 1.165) is 5.56 Å². The average molecular weight is 492 g/mol. The number of nitrogens with zero attached hydrogens (tertiary/aromatic N) is 2. The van der Waals surface area contributed by atoms with Gasteiger partial charge in [0.2, 0.25) is 16.4 Å². The molecule has 0 bridgehead atoms. The van der Waals surface area contributed by atoms with Crippen LogP contribution < -0.4 is 4.72 Å². The highest BCUT2D eigenvalue weighted by Crippen LogP contribution is 2.37. The van der Waals surface area contributed by atoms with Gasteiger partial charge in [0.1, 0.15) is 11.4 Å². The fourth-order valence-electron chi connectivity index (χ4n) is 3.89. The predicted octanol–water partition coefficient (Wildman–Crippen LogP) is 1.19. The number of aliphatic hydroxyl groups excluding tert-OH is 1. The quantitative estimate of drug-likeness (QED) is 0.534. The molecule has 1 aliphatic heterocycles. The van der Waals surface area contributed by atoms with E-state index in [1.54, 1.807) is 52.3 Å². The van der Waals surface area contributed by atoms with Crippen molar-refractivity contribution in [2.24, 2.45) is 0 Å². The first-order valence-corrected chi connectivity index (χ1v) is 12.6. The van der Waals surface area contributed by atoms with Gasteiger partial charge in [0.15, 0.2) is 0 Å². The number of halogens is 1. The maximum absolute atomic E-state index is 12.9. The van der Waals surface area contributed by atoms with Crippen LogP contribution in [0.3, 0.4) is 0 Å². The summed E-state index contributed by atoms with van der Waals surface area (Å²) in [6.07, 6.45) is -1.49. The highest BCUT2D eigenvalue weighted by Gasteiger charge is 2.50. The van der Waals surface area contributed by atoms with E-state index in [0.29, 0.717) is 50.1 Å². The molecule has 1 aliphatic carbocycles. The molecular formula is C23H26FN3O6S. The number of rotatable bonds is 7. The van der Waals surface area contributed by atoms with Crippen LogP contribution in [0.5, 0.6) is 0 Å². The van der Waals surface area contributed by atoms with Crippen molar-refractivity contribution >= 4 is 27.5 Å². The molecule has 2 fully saturated rings. The van der Waals surface area contributed by atoms with Gasteiger partial charge in [-0.05, 0) is 48.2 Å². The molecule has 11 heteroatoms. The third-order valence-electron chi connectivity index (χ3n) is 5.93. The van der Waals surface area contributed by atoms with Crippen molar-refractivity contribution in [1.29, 1.82) is 0 Å². The summed E-state index contributed by atoms with van der Waals surface area (Å²) >= 11 is 0. The van der Waals surface area contributed by atoms with Gasteiger partial charge in [-0.25, -0.2) is 12.8 Å². The van der Waals surface area contributed by atoms with Crippen LogP contribution in [0, 0.1) is 0 Å². The summed E-state index contributed by atoms with van der Waals surface area (Å²) in [4.78, 5) is 28.4. The fraction of sp³-hybridized carbons (Fsp3) is 0.391. The highest BCUT2D eigenvalue weighted by molar-refractivity contribution is 7.92. The molecule has 4 rings (SSSR count). The topological polar surface area (TPSA) is 127 Å². The lowest BCUT2D eigenvalue weighted by molar-refractivity contribution is -0.143. The molecule has 3 N–H and O–H groups in total. The third-order valence-corrected chi connectivity index (χ3v) is 7.19. The second kappa shape index (κ2) is 9.32. The van der Waals surface area contributed by atoms with Crippen molar-refractivity contribution in [3.63, 3.8) is 0 Å². The number of carbonyl (C=O) groups excluding carboxylic acids is 2. The molecule has 9 nitrogen and oxygen atoms in total. The van der Waals surface area contributed by atoms with Crippen molar-refractivity contribution in [3.8, 4) is 11.1 Å². The SMILES string of the molecule is O=C(c1ccc(-c2cccc(NS(=O)(=O)CC(O)F)c2)cc1)N1CCN(C(=O)C2(O)CC2)CC1. The van der Waals surface area contributed by atoms with Gasteiger partial charge in [0.05, 0.1) is 0 Å². The number of carbonyl (C=O) groups is 2. The Morgan fingerprint density at radius 3 is 2.21 bits per heavy atom. The largest absolute Gasteiger partial charge is 0.380 e. The van der Waals surface area contributed by atoms with E-state index >= 15 is 0 Å². The summed E-state index contributed by atoms with van der Waals surface area (Å²) in [5, 5.41) is 18.7. The summed E-state index contributed by atoms with van der Waals surface area (Å²) in [5.74, 6) is -1.47. The van der Waals surface area contributed by atoms with Gasteiger partial charge < -0.3 is 20.0 Å². The second-order valence-electron chi connectivity index (χ2n) is 8.59. The number of piperazine rings is 1. The van der Waals surface area contributed by atoms with Crippen molar-refractivity contribution in [1.82, 2.24) is 9.80 Å². The molecule has 1 heterocycles. The molecule has 0 spiro atoms. The van der Waals surface area contributed by atoms with E-state index in [1.807, 2.05) is 0 Å². The molecule has 0 radical (unpaired) electrons. The Hall–Kier alpha value is -3.02. The van der Waals surface area contributed by atoms with E-state index in [2.05, 4.69) is 4.72 Å². The molecule has 2 aromatic carbocycles. The van der Waals surface area contributed by atoms with Crippen LogP contribution in [-0.4, -0.2) is 84.1 Å². The van der Waals surface area contributed by atoms with Gasteiger partial charge in [0.25, 0.3) is 11.8 Å². The van der Waals surface area contributed by atoms with Gasteiger partial charge >= 0.3 is 0 Å². The summed E-state index contributed by atoms with van der Waals surface area (Å²) in [6.45, 7) is 1.54. The van der Waals surface area contributed by atoms with E-state index in [-0.39, 0.29) is 17.5 Å². The molecule has 34 heavy (non-hydrogen) atoms. The Labute approximate surface area is 196 Å². The smallest absolute Gasteiger partial charge is 0.254 e. The van der Waals surface area contributed by atoms with Gasteiger partial charge in [-0.2, -0.15) is 0 Å². The molecule has 2 aliphatic rings. The molecule has 0 aromatic heterocycles. The Morgan fingerprint density at radius 2 is 1.62 bits per heavy atom. The zero-order chi connectivity index (χ0) is 24.5. The summed E-state index contributed by atoms with van der Waals surface area (Å²) in [6, 6.07) is 13.3. The van der Waals surface area contributed by atoms with Crippen molar-refractivity contribution in [3.05, 3.63) is 54.1 Å². The first-order chi connectivity index (χ1) is 16.1. The number of amides is 2. The third kappa shape index (κ3) is 5.54. The van der Waals surface area contributed by atoms with Crippen molar-refractivity contribution in [2.75, 3.05) is 36.7 Å². The number of nitrogens with one attached hydrogen (secondary N) is 1. The molecule has 2 amide bonds. The van der Waals surface area contributed by atoms with Gasteiger partial charge in [-0.15, -0.1) is 0 Å². The summed E-state index contributed by atoms with van der Waals surface area (Å²) < 4.78 is 38.6. The molecule has 1 unspecified atom stereocenters. The first kappa shape index (κ1) is 24.1. The second-order valence-corrected chi connectivity index (χ2v) is 10.4. The standard InChI is InChI=1S/C23H26FN3O6S/c24-20(28)15-34(32,33)25-19-3-1-2-18(14-19)16-4-6-17(7-5-16)21(29)26-10-12-27(13-11-26)22(30)23(31)8-9-23/h1-7,14,20,25,28,31H,8-13,15H2. The zero-order valence-electron chi connectivity index (χ0n) is 18.4. The van der Waals surface area contributed by atoms with Gasteiger partial charge in [-0.3, -0.25) is 14.3 Å². The maximum Gasteiger partial charge on any atom is 0.254 e. The summed E-state index contributed by atoms with van der Waals surface area (Å²) in [5.41, 5.74) is 0.939. The number of aliphatic hydroxyl groups is 2. The van der Waals surface area contributed by atoms with Crippen molar-refractivity contribution in [2.45, 2.75) is 24.8 Å². The first-order valence-electron chi connectivity index (χ1n) is 10.9. The molecule has 1 saturated heterocycles. The Morgan fingerprint density at radius 1 is 1.00 bits per heavy atom. The zero-order valence-corrected chi connectivity index (χ0v) is 19.2. The Kier molecular flexibility index (Phi) is 6.61. The van der Waals surface area contributed by atoms with E-state index in [1.165, 1.54) is 6.07 Å².